The number of carbonyl (C=O) groups is 1. The van der Waals surface area contributed by atoms with Gasteiger partial charge in [-0.1, -0.05) is 18.2 Å². The second-order valence-corrected chi connectivity index (χ2v) is 5.50. The highest BCUT2D eigenvalue weighted by atomic mass is 127. The largest absolute Gasteiger partial charge is 0.376 e. The van der Waals surface area contributed by atoms with E-state index in [2.05, 4.69) is 33.2 Å². The van der Waals surface area contributed by atoms with Crippen LogP contribution in [-0.4, -0.2) is 12.5 Å². The minimum Gasteiger partial charge on any atom is -0.376 e. The third kappa shape index (κ3) is 3.93. The molecule has 0 fully saturated rings. The van der Waals surface area contributed by atoms with E-state index in [4.69, 9.17) is 0 Å². The molecule has 2 aromatic carbocycles. The lowest BCUT2D eigenvalue weighted by atomic mass is 10.2. The first-order valence-corrected chi connectivity index (χ1v) is 7.18. The van der Waals surface area contributed by atoms with Gasteiger partial charge in [0.05, 0.1) is 12.2 Å². The molecule has 0 radical (unpaired) electrons. The van der Waals surface area contributed by atoms with Crippen molar-refractivity contribution >= 4 is 39.9 Å². The fourth-order valence-corrected chi connectivity index (χ4v) is 2.24. The maximum Gasteiger partial charge on any atom is 0.243 e. The summed E-state index contributed by atoms with van der Waals surface area (Å²) in [6.07, 6.45) is 0. The van der Waals surface area contributed by atoms with Crippen LogP contribution in [0.4, 0.5) is 15.8 Å². The minimum atomic E-state index is -0.323. The van der Waals surface area contributed by atoms with E-state index in [1.807, 2.05) is 31.2 Å². The lowest BCUT2D eigenvalue weighted by molar-refractivity contribution is -0.114. The minimum absolute atomic E-state index is 0.0925. The van der Waals surface area contributed by atoms with Crippen molar-refractivity contribution in [1.82, 2.24) is 0 Å². The monoisotopic (exact) mass is 384 g/mol. The van der Waals surface area contributed by atoms with Gasteiger partial charge in [0, 0.05) is 9.26 Å². The molecule has 2 N–H and O–H groups in total. The zero-order chi connectivity index (χ0) is 14.5. The summed E-state index contributed by atoms with van der Waals surface area (Å²) in [6.45, 7) is 1.95. The first-order chi connectivity index (χ1) is 9.56. The number of hydrogen-bond acceptors (Lipinski definition) is 2. The molecule has 0 bridgehead atoms. The van der Waals surface area contributed by atoms with Crippen molar-refractivity contribution in [1.29, 1.82) is 0 Å². The topological polar surface area (TPSA) is 41.1 Å². The van der Waals surface area contributed by atoms with Gasteiger partial charge >= 0.3 is 0 Å². The van der Waals surface area contributed by atoms with E-state index in [1.54, 1.807) is 6.07 Å². The van der Waals surface area contributed by atoms with Gasteiger partial charge in [-0.2, -0.15) is 0 Å². The highest BCUT2D eigenvalue weighted by Gasteiger charge is 2.06. The van der Waals surface area contributed by atoms with E-state index in [-0.39, 0.29) is 18.3 Å². The second kappa shape index (κ2) is 6.69. The second-order valence-electron chi connectivity index (χ2n) is 4.34. The van der Waals surface area contributed by atoms with Crippen molar-refractivity contribution in [2.75, 3.05) is 17.2 Å². The van der Waals surface area contributed by atoms with Gasteiger partial charge in [0.25, 0.3) is 0 Å². The molecule has 0 spiro atoms. The Bertz CT molecular complexity index is 631. The lowest BCUT2D eigenvalue weighted by Gasteiger charge is -2.11. The molecule has 104 valence electrons. The number of carbonyl (C=O) groups excluding carboxylic acids is 1. The van der Waals surface area contributed by atoms with E-state index >= 15 is 0 Å². The molecule has 3 nitrogen and oxygen atoms in total. The number of nitrogens with one attached hydrogen (secondary N) is 2. The van der Waals surface area contributed by atoms with Crippen LogP contribution in [0.25, 0.3) is 0 Å². The molecule has 5 heteroatoms. The molecule has 0 saturated heterocycles. The first kappa shape index (κ1) is 14.8. The van der Waals surface area contributed by atoms with Gasteiger partial charge in [0.2, 0.25) is 5.91 Å². The third-order valence-electron chi connectivity index (χ3n) is 2.79. The molecular weight excluding hydrogens is 370 g/mol. The van der Waals surface area contributed by atoms with Crippen LogP contribution in [0.15, 0.2) is 42.5 Å². The Kier molecular flexibility index (Phi) is 4.94. The number of hydrogen-bond donors (Lipinski definition) is 2. The summed E-state index contributed by atoms with van der Waals surface area (Å²) in [5.74, 6) is -0.492. The predicted molar refractivity (Wildman–Crippen MR) is 87.4 cm³/mol. The van der Waals surface area contributed by atoms with Crippen LogP contribution < -0.4 is 10.6 Å². The Morgan fingerprint density at radius 1 is 1.20 bits per heavy atom. The maximum atomic E-state index is 13.1. The zero-order valence-corrected chi connectivity index (χ0v) is 13.1. The molecule has 0 heterocycles. The molecule has 0 unspecified atom stereocenters. The van der Waals surface area contributed by atoms with Crippen LogP contribution in [-0.2, 0) is 4.79 Å². The van der Waals surface area contributed by atoms with E-state index in [0.717, 1.165) is 14.8 Å². The number of benzene rings is 2. The first-order valence-electron chi connectivity index (χ1n) is 6.10. The smallest absolute Gasteiger partial charge is 0.243 e. The average molecular weight is 384 g/mol. The lowest BCUT2D eigenvalue weighted by Crippen LogP contribution is -2.22. The highest BCUT2D eigenvalue weighted by Crippen LogP contribution is 2.18. The van der Waals surface area contributed by atoms with Gasteiger partial charge in [0.1, 0.15) is 5.82 Å². The summed E-state index contributed by atoms with van der Waals surface area (Å²) < 4.78 is 14.1. The van der Waals surface area contributed by atoms with Crippen LogP contribution in [0.2, 0.25) is 0 Å². The number of halogens is 2. The van der Waals surface area contributed by atoms with Gasteiger partial charge in [-0.3, -0.25) is 4.79 Å². The Labute approximate surface area is 130 Å². The Hall–Kier alpha value is -1.63. The maximum absolute atomic E-state index is 13.1. The molecule has 0 saturated carbocycles. The summed E-state index contributed by atoms with van der Waals surface area (Å²) >= 11 is 2.16. The van der Waals surface area contributed by atoms with Crippen LogP contribution in [0.1, 0.15) is 5.56 Å². The quantitative estimate of drug-likeness (QED) is 0.788. The molecule has 0 aliphatic heterocycles. The van der Waals surface area contributed by atoms with Crippen LogP contribution >= 0.6 is 22.6 Å². The van der Waals surface area contributed by atoms with Crippen molar-refractivity contribution in [3.8, 4) is 0 Å². The van der Waals surface area contributed by atoms with Crippen molar-refractivity contribution in [2.45, 2.75) is 6.92 Å². The van der Waals surface area contributed by atoms with Crippen molar-refractivity contribution in [2.24, 2.45) is 0 Å². The molecular formula is C15H14FIN2O. The van der Waals surface area contributed by atoms with E-state index in [1.165, 1.54) is 12.1 Å². The molecule has 2 rings (SSSR count). The third-order valence-corrected chi connectivity index (χ3v) is 3.73. The van der Waals surface area contributed by atoms with Crippen molar-refractivity contribution in [3.63, 3.8) is 0 Å². The number of aryl methyl sites for hydroxylation is 1. The summed E-state index contributed by atoms with van der Waals surface area (Å²) in [4.78, 5) is 11.9. The number of para-hydroxylation sites is 1. The summed E-state index contributed by atoms with van der Waals surface area (Å²) in [5.41, 5.74) is 2.30. The normalized spacial score (nSPS) is 10.2. The number of rotatable bonds is 4. The fourth-order valence-electron chi connectivity index (χ4n) is 1.72. The summed E-state index contributed by atoms with van der Waals surface area (Å²) in [7, 11) is 0. The van der Waals surface area contributed by atoms with Gasteiger partial charge in [-0.15, -0.1) is 0 Å². The average Bonchev–Trinajstić information content (AvgIpc) is 2.42. The van der Waals surface area contributed by atoms with Crippen LogP contribution in [0.3, 0.4) is 0 Å². The Balaban J connectivity index is 1.96. The standard InChI is InChI=1S/C15H14FIN2O/c1-10-6-7-11(16)8-14(10)18-9-15(20)19-13-5-3-2-4-12(13)17/h2-8,18H,9H2,1H3,(H,19,20). The van der Waals surface area contributed by atoms with Crippen molar-refractivity contribution in [3.05, 3.63) is 57.4 Å². The molecule has 20 heavy (non-hydrogen) atoms. The number of amides is 1. The Morgan fingerprint density at radius 2 is 1.95 bits per heavy atom. The molecule has 2 aromatic rings. The number of anilines is 2. The van der Waals surface area contributed by atoms with Gasteiger partial charge < -0.3 is 10.6 Å². The fraction of sp³-hybridized carbons (Fsp3) is 0.133. The van der Waals surface area contributed by atoms with Gasteiger partial charge in [-0.25, -0.2) is 4.39 Å². The van der Waals surface area contributed by atoms with Gasteiger partial charge in [-0.05, 0) is 59.3 Å². The highest BCUT2D eigenvalue weighted by molar-refractivity contribution is 14.1. The summed E-state index contributed by atoms with van der Waals surface area (Å²) in [6, 6.07) is 12.0. The van der Waals surface area contributed by atoms with Crippen LogP contribution in [0.5, 0.6) is 0 Å². The zero-order valence-electron chi connectivity index (χ0n) is 10.9. The van der Waals surface area contributed by atoms with E-state index < -0.39 is 0 Å². The predicted octanol–water partition coefficient (Wildman–Crippen LogP) is 3.79. The summed E-state index contributed by atoms with van der Waals surface area (Å²) in [5, 5.41) is 5.75. The molecule has 0 aliphatic carbocycles. The van der Waals surface area contributed by atoms with Crippen LogP contribution in [0, 0.1) is 16.3 Å². The van der Waals surface area contributed by atoms with Gasteiger partial charge in [0.15, 0.2) is 0 Å². The van der Waals surface area contributed by atoms with E-state index in [9.17, 15) is 9.18 Å². The molecule has 0 atom stereocenters. The molecule has 1 amide bonds. The molecule has 0 aromatic heterocycles. The van der Waals surface area contributed by atoms with Crippen molar-refractivity contribution < 1.29 is 9.18 Å². The van der Waals surface area contributed by atoms with E-state index in [0.29, 0.717) is 5.69 Å². The SMILES string of the molecule is Cc1ccc(F)cc1NCC(=O)Nc1ccccc1I. The Morgan fingerprint density at radius 3 is 2.70 bits per heavy atom. The molecule has 0 aliphatic rings.